The quantitative estimate of drug-likeness (QED) is 0.828. The zero-order valence-electron chi connectivity index (χ0n) is 15.5. The van der Waals surface area contributed by atoms with Gasteiger partial charge in [0.2, 0.25) is 11.8 Å². The number of carbonyl (C=O) groups is 2. The second-order valence-electron chi connectivity index (χ2n) is 7.24. The molecule has 0 bridgehead atoms. The van der Waals surface area contributed by atoms with Gasteiger partial charge in [-0.05, 0) is 29.2 Å². The van der Waals surface area contributed by atoms with Gasteiger partial charge in [-0.25, -0.2) is 8.78 Å². The van der Waals surface area contributed by atoms with Gasteiger partial charge in [0.05, 0.1) is 5.69 Å². The minimum Gasteiger partial charge on any atom is -0.344 e. The summed E-state index contributed by atoms with van der Waals surface area (Å²) in [5.41, 5.74) is 1.88. The first-order chi connectivity index (χ1) is 12.8. The van der Waals surface area contributed by atoms with Gasteiger partial charge in [0.1, 0.15) is 17.6 Å². The number of nitrogens with zero attached hydrogens (tertiary/aromatic N) is 1. The van der Waals surface area contributed by atoms with E-state index >= 15 is 0 Å². The molecule has 0 aliphatic carbocycles. The van der Waals surface area contributed by atoms with Gasteiger partial charge in [0.15, 0.2) is 0 Å². The second-order valence-corrected chi connectivity index (χ2v) is 7.24. The first-order valence-electron chi connectivity index (χ1n) is 8.88. The van der Waals surface area contributed by atoms with Crippen LogP contribution in [0.5, 0.6) is 0 Å². The van der Waals surface area contributed by atoms with E-state index in [4.69, 9.17) is 0 Å². The van der Waals surface area contributed by atoms with E-state index in [1.54, 1.807) is 7.05 Å². The molecule has 1 N–H and O–H groups in total. The van der Waals surface area contributed by atoms with E-state index in [1.807, 2.05) is 24.3 Å². The minimum atomic E-state index is -0.957. The predicted molar refractivity (Wildman–Crippen MR) is 99.4 cm³/mol. The summed E-state index contributed by atoms with van der Waals surface area (Å²) in [6.07, 6.45) is 0. The number of hydrogen-bond donors (Lipinski definition) is 1. The number of anilines is 1. The predicted octanol–water partition coefficient (Wildman–Crippen LogP) is 3.90. The molecule has 0 radical (unpaired) electrons. The van der Waals surface area contributed by atoms with Crippen molar-refractivity contribution < 1.29 is 18.4 Å². The van der Waals surface area contributed by atoms with Crippen molar-refractivity contribution in [2.45, 2.75) is 25.7 Å². The van der Waals surface area contributed by atoms with Gasteiger partial charge in [0, 0.05) is 25.6 Å². The molecule has 2 aromatic rings. The van der Waals surface area contributed by atoms with Gasteiger partial charge in [-0.3, -0.25) is 9.59 Å². The van der Waals surface area contributed by atoms with Crippen LogP contribution in [-0.4, -0.2) is 30.3 Å². The van der Waals surface area contributed by atoms with Crippen LogP contribution >= 0.6 is 0 Å². The van der Waals surface area contributed by atoms with Crippen molar-refractivity contribution in [3.63, 3.8) is 0 Å². The maximum Gasteiger partial charge on any atom is 0.237 e. The Morgan fingerprint density at radius 2 is 1.93 bits per heavy atom. The first-order valence-corrected chi connectivity index (χ1v) is 8.88. The zero-order chi connectivity index (χ0) is 19.7. The summed E-state index contributed by atoms with van der Waals surface area (Å²) >= 11 is 0. The number of nitrogens with one attached hydrogen (secondary N) is 1. The van der Waals surface area contributed by atoms with Crippen LogP contribution in [0.25, 0.3) is 0 Å². The van der Waals surface area contributed by atoms with Crippen molar-refractivity contribution in [1.82, 2.24) is 4.90 Å². The standard InChI is InChI=1S/C21H22F2N2O2/c1-12(2)13-5-4-6-14(9-13)16-11-25(3)21(27)19(16)20(26)24-18-8-7-15(22)10-17(18)23/h4-10,12,16,19H,11H2,1-3H3,(H,24,26)/t16-,19+/m1/s1. The number of halogens is 2. The number of carbonyl (C=O) groups excluding carboxylic acids is 2. The highest BCUT2D eigenvalue weighted by Crippen LogP contribution is 2.35. The van der Waals surface area contributed by atoms with Crippen LogP contribution in [0.4, 0.5) is 14.5 Å². The third kappa shape index (κ3) is 3.84. The van der Waals surface area contributed by atoms with Crippen LogP contribution in [0.15, 0.2) is 42.5 Å². The Morgan fingerprint density at radius 3 is 2.59 bits per heavy atom. The van der Waals surface area contributed by atoms with E-state index in [1.165, 1.54) is 4.90 Å². The highest BCUT2D eigenvalue weighted by molar-refractivity contribution is 6.08. The largest absolute Gasteiger partial charge is 0.344 e. The normalized spacial score (nSPS) is 19.6. The molecule has 142 valence electrons. The van der Waals surface area contributed by atoms with Gasteiger partial charge in [-0.1, -0.05) is 38.1 Å². The van der Waals surface area contributed by atoms with Crippen LogP contribution < -0.4 is 5.32 Å². The molecule has 6 heteroatoms. The molecule has 1 aliphatic rings. The maximum atomic E-state index is 13.9. The van der Waals surface area contributed by atoms with E-state index in [2.05, 4.69) is 19.2 Å². The van der Waals surface area contributed by atoms with Crippen molar-refractivity contribution in [1.29, 1.82) is 0 Å². The molecule has 2 aromatic carbocycles. The Labute approximate surface area is 157 Å². The number of rotatable bonds is 4. The fourth-order valence-electron chi connectivity index (χ4n) is 3.44. The monoisotopic (exact) mass is 372 g/mol. The lowest BCUT2D eigenvalue weighted by Crippen LogP contribution is -2.33. The number of benzene rings is 2. The first kappa shape index (κ1) is 19.0. The van der Waals surface area contributed by atoms with Crippen molar-refractivity contribution >= 4 is 17.5 Å². The molecular weight excluding hydrogens is 350 g/mol. The molecule has 27 heavy (non-hydrogen) atoms. The van der Waals surface area contributed by atoms with Gasteiger partial charge in [-0.2, -0.15) is 0 Å². The molecule has 0 unspecified atom stereocenters. The SMILES string of the molecule is CC(C)c1cccc([C@H]2CN(C)C(=O)[C@@H]2C(=O)Nc2ccc(F)cc2F)c1. The average molecular weight is 372 g/mol. The Kier molecular flexibility index (Phi) is 5.26. The number of likely N-dealkylation sites (tertiary alicyclic amines) is 1. The molecule has 0 saturated carbocycles. The lowest BCUT2D eigenvalue weighted by Gasteiger charge is -2.18. The minimum absolute atomic E-state index is 0.140. The van der Waals surface area contributed by atoms with Crippen LogP contribution in [0.3, 0.4) is 0 Å². The average Bonchev–Trinajstić information content (AvgIpc) is 2.92. The van der Waals surface area contributed by atoms with Crippen LogP contribution in [-0.2, 0) is 9.59 Å². The van der Waals surface area contributed by atoms with E-state index in [0.717, 1.165) is 23.3 Å². The molecule has 1 aliphatic heterocycles. The maximum absolute atomic E-state index is 13.9. The Bertz CT molecular complexity index is 882. The van der Waals surface area contributed by atoms with Gasteiger partial charge in [-0.15, -0.1) is 0 Å². The summed E-state index contributed by atoms with van der Waals surface area (Å²) in [7, 11) is 1.65. The topological polar surface area (TPSA) is 49.4 Å². The molecular formula is C21H22F2N2O2. The fraction of sp³-hybridized carbons (Fsp3) is 0.333. The molecule has 1 saturated heterocycles. The highest BCUT2D eigenvalue weighted by atomic mass is 19.1. The summed E-state index contributed by atoms with van der Waals surface area (Å²) in [6.45, 7) is 4.56. The number of likely N-dealkylation sites (N-methyl/N-ethyl adjacent to an activating group) is 1. The van der Waals surface area contributed by atoms with Crippen LogP contribution in [0.2, 0.25) is 0 Å². The molecule has 2 atom stereocenters. The van der Waals surface area contributed by atoms with Crippen molar-refractivity contribution in [2.75, 3.05) is 18.9 Å². The summed E-state index contributed by atoms with van der Waals surface area (Å²) in [5.74, 6) is -3.47. The molecule has 1 heterocycles. The molecule has 4 nitrogen and oxygen atoms in total. The third-order valence-corrected chi connectivity index (χ3v) is 4.99. The Balaban J connectivity index is 1.90. The Morgan fingerprint density at radius 1 is 1.19 bits per heavy atom. The van der Waals surface area contributed by atoms with E-state index in [9.17, 15) is 18.4 Å². The van der Waals surface area contributed by atoms with Gasteiger partial charge >= 0.3 is 0 Å². The van der Waals surface area contributed by atoms with Crippen molar-refractivity contribution in [2.24, 2.45) is 5.92 Å². The molecule has 0 spiro atoms. The number of hydrogen-bond acceptors (Lipinski definition) is 2. The van der Waals surface area contributed by atoms with Gasteiger partial charge in [0.25, 0.3) is 0 Å². The molecule has 0 aromatic heterocycles. The van der Waals surface area contributed by atoms with Gasteiger partial charge < -0.3 is 10.2 Å². The lowest BCUT2D eigenvalue weighted by molar-refractivity contribution is -0.135. The molecule has 3 rings (SSSR count). The fourth-order valence-corrected chi connectivity index (χ4v) is 3.44. The zero-order valence-corrected chi connectivity index (χ0v) is 15.5. The van der Waals surface area contributed by atoms with E-state index in [-0.39, 0.29) is 17.5 Å². The summed E-state index contributed by atoms with van der Waals surface area (Å²) in [5, 5.41) is 2.44. The lowest BCUT2D eigenvalue weighted by atomic mass is 9.86. The second kappa shape index (κ2) is 7.47. The molecule has 2 amide bonds. The van der Waals surface area contributed by atoms with E-state index in [0.29, 0.717) is 18.5 Å². The van der Waals surface area contributed by atoms with Crippen molar-refractivity contribution in [3.05, 3.63) is 65.2 Å². The summed E-state index contributed by atoms with van der Waals surface area (Å²) in [4.78, 5) is 26.9. The third-order valence-electron chi connectivity index (χ3n) is 4.99. The van der Waals surface area contributed by atoms with Crippen LogP contribution in [0.1, 0.15) is 36.8 Å². The smallest absolute Gasteiger partial charge is 0.237 e. The summed E-state index contributed by atoms with van der Waals surface area (Å²) < 4.78 is 27.0. The van der Waals surface area contributed by atoms with Crippen molar-refractivity contribution in [3.8, 4) is 0 Å². The van der Waals surface area contributed by atoms with E-state index < -0.39 is 23.5 Å². The van der Waals surface area contributed by atoms with Crippen LogP contribution in [0, 0.1) is 17.6 Å². The highest BCUT2D eigenvalue weighted by Gasteiger charge is 2.44. The Hall–Kier alpha value is -2.76. The molecule has 1 fully saturated rings. The number of amides is 2. The summed E-state index contributed by atoms with van der Waals surface area (Å²) in [6, 6.07) is 10.8.